The van der Waals surface area contributed by atoms with Gasteiger partial charge in [0.2, 0.25) is 6.23 Å². The lowest BCUT2D eigenvalue weighted by Gasteiger charge is -2.18. The van der Waals surface area contributed by atoms with Gasteiger partial charge in [-0.1, -0.05) is 17.7 Å². The molecule has 120 valence electrons. The van der Waals surface area contributed by atoms with Crippen molar-refractivity contribution in [2.45, 2.75) is 24.2 Å². The van der Waals surface area contributed by atoms with Crippen LogP contribution in [0.25, 0.3) is 0 Å². The molecule has 3 rings (SSSR count). The van der Waals surface area contributed by atoms with Gasteiger partial charge in [-0.15, -0.1) is 11.8 Å². The standard InChI is InChI=1S/C16H16N2O4S/c1-10-2-4-12(5-3-10)23-9-11-8-13(19)15(22-11)18-7-6-14(20)17-16(18)21/h2-8,13,15,19H,9H2,1H3,(H,17,20,21)/t13-,15+/m0/s1. The molecular weight excluding hydrogens is 316 g/mol. The zero-order valence-corrected chi connectivity index (χ0v) is 13.2. The molecule has 2 aromatic rings. The lowest BCUT2D eigenvalue weighted by atomic mass is 10.2. The SMILES string of the molecule is Cc1ccc(SCC2=C[C@H](O)[C@H](n3ccc(=O)[nH]c3=O)O2)cc1. The van der Waals surface area contributed by atoms with E-state index in [0.717, 1.165) is 4.90 Å². The predicted molar refractivity (Wildman–Crippen MR) is 87.4 cm³/mol. The lowest BCUT2D eigenvalue weighted by Crippen LogP contribution is -2.35. The second-order valence-electron chi connectivity index (χ2n) is 5.25. The number of hydrogen-bond acceptors (Lipinski definition) is 5. The highest BCUT2D eigenvalue weighted by molar-refractivity contribution is 7.99. The Morgan fingerprint density at radius 3 is 2.70 bits per heavy atom. The smallest absolute Gasteiger partial charge is 0.331 e. The van der Waals surface area contributed by atoms with Crippen LogP contribution in [-0.4, -0.2) is 26.5 Å². The first-order valence-corrected chi connectivity index (χ1v) is 8.08. The van der Waals surface area contributed by atoms with Gasteiger partial charge < -0.3 is 9.84 Å². The highest BCUT2D eigenvalue weighted by atomic mass is 32.2. The number of H-pyrrole nitrogens is 1. The van der Waals surface area contributed by atoms with E-state index < -0.39 is 23.6 Å². The summed E-state index contributed by atoms with van der Waals surface area (Å²) in [5, 5.41) is 10.1. The number of aryl methyl sites for hydroxylation is 1. The Balaban J connectivity index is 1.67. The van der Waals surface area contributed by atoms with E-state index in [-0.39, 0.29) is 0 Å². The molecule has 0 saturated carbocycles. The molecule has 0 aliphatic carbocycles. The Morgan fingerprint density at radius 2 is 2.00 bits per heavy atom. The summed E-state index contributed by atoms with van der Waals surface area (Å²) in [6.07, 6.45) is 1.11. The third-order valence-corrected chi connectivity index (χ3v) is 4.48. The van der Waals surface area contributed by atoms with Crippen molar-refractivity contribution < 1.29 is 9.84 Å². The predicted octanol–water partition coefficient (Wildman–Crippen LogP) is 1.41. The number of nitrogens with one attached hydrogen (secondary N) is 1. The number of ether oxygens (including phenoxy) is 1. The van der Waals surface area contributed by atoms with E-state index in [1.807, 2.05) is 31.2 Å². The molecule has 2 N–H and O–H groups in total. The van der Waals surface area contributed by atoms with Gasteiger partial charge in [-0.05, 0) is 25.1 Å². The molecule has 0 unspecified atom stereocenters. The summed E-state index contributed by atoms with van der Waals surface area (Å²) in [5.41, 5.74) is 0.0999. The number of aliphatic hydroxyl groups is 1. The highest BCUT2D eigenvalue weighted by Crippen LogP contribution is 2.30. The second-order valence-corrected chi connectivity index (χ2v) is 6.30. The molecule has 1 aliphatic rings. The molecule has 1 aromatic heterocycles. The minimum absolute atomic E-state index is 0.484. The van der Waals surface area contributed by atoms with Gasteiger partial charge in [0, 0.05) is 17.2 Å². The Kier molecular flexibility index (Phi) is 4.40. The molecule has 0 saturated heterocycles. The Bertz CT molecular complexity index is 838. The number of benzene rings is 1. The first kappa shape index (κ1) is 15.6. The summed E-state index contributed by atoms with van der Waals surface area (Å²) >= 11 is 1.58. The molecule has 0 fully saturated rings. The average Bonchev–Trinajstić information content (AvgIpc) is 2.88. The minimum Gasteiger partial charge on any atom is -0.471 e. The van der Waals surface area contributed by atoms with E-state index in [1.165, 1.54) is 22.4 Å². The van der Waals surface area contributed by atoms with Crippen LogP contribution in [0.2, 0.25) is 0 Å². The van der Waals surface area contributed by atoms with Crippen LogP contribution < -0.4 is 11.2 Å². The maximum Gasteiger partial charge on any atom is 0.331 e. The van der Waals surface area contributed by atoms with E-state index in [0.29, 0.717) is 11.5 Å². The molecular formula is C16H16N2O4S. The number of nitrogens with zero attached hydrogens (tertiary/aromatic N) is 1. The van der Waals surface area contributed by atoms with Crippen molar-refractivity contribution in [3.8, 4) is 0 Å². The molecule has 2 heterocycles. The van der Waals surface area contributed by atoms with Crippen LogP contribution in [0, 0.1) is 6.92 Å². The van der Waals surface area contributed by atoms with Crippen molar-refractivity contribution in [2.75, 3.05) is 5.75 Å². The molecule has 2 atom stereocenters. The maximum atomic E-state index is 11.8. The van der Waals surface area contributed by atoms with E-state index in [4.69, 9.17) is 4.74 Å². The quantitative estimate of drug-likeness (QED) is 0.827. The van der Waals surface area contributed by atoms with Crippen molar-refractivity contribution in [3.05, 3.63) is 74.8 Å². The molecule has 6 nitrogen and oxygen atoms in total. The number of thioether (sulfide) groups is 1. The summed E-state index contributed by atoms with van der Waals surface area (Å²) in [5.74, 6) is 1.15. The second kappa shape index (κ2) is 6.47. The average molecular weight is 332 g/mol. The van der Waals surface area contributed by atoms with Crippen LogP contribution in [0.5, 0.6) is 0 Å². The van der Waals surface area contributed by atoms with Gasteiger partial charge in [0.25, 0.3) is 5.56 Å². The lowest BCUT2D eigenvalue weighted by molar-refractivity contribution is -0.00164. The van der Waals surface area contributed by atoms with Gasteiger partial charge in [-0.25, -0.2) is 4.79 Å². The molecule has 23 heavy (non-hydrogen) atoms. The largest absolute Gasteiger partial charge is 0.471 e. The molecule has 0 amide bonds. The van der Waals surface area contributed by atoms with E-state index in [9.17, 15) is 14.7 Å². The monoisotopic (exact) mass is 332 g/mol. The number of aliphatic hydroxyl groups excluding tert-OH is 1. The minimum atomic E-state index is -0.938. The summed E-state index contributed by atoms with van der Waals surface area (Å²) in [4.78, 5) is 26.1. The number of rotatable bonds is 4. The van der Waals surface area contributed by atoms with Crippen molar-refractivity contribution in [1.82, 2.24) is 9.55 Å². The summed E-state index contributed by atoms with van der Waals surface area (Å²) in [6, 6.07) is 9.33. The summed E-state index contributed by atoms with van der Waals surface area (Å²) in [7, 11) is 0. The first-order chi connectivity index (χ1) is 11.0. The van der Waals surface area contributed by atoms with Crippen molar-refractivity contribution in [3.63, 3.8) is 0 Å². The third kappa shape index (κ3) is 3.57. The van der Waals surface area contributed by atoms with Gasteiger partial charge in [-0.3, -0.25) is 14.3 Å². The van der Waals surface area contributed by atoms with Gasteiger partial charge in [0.05, 0.1) is 5.75 Å². The zero-order valence-electron chi connectivity index (χ0n) is 12.4. The van der Waals surface area contributed by atoms with Crippen LogP contribution in [0.4, 0.5) is 0 Å². The number of aromatic amines is 1. The summed E-state index contributed by atoms with van der Waals surface area (Å²) < 4.78 is 6.83. The highest BCUT2D eigenvalue weighted by Gasteiger charge is 2.29. The van der Waals surface area contributed by atoms with Crippen LogP contribution in [0.15, 0.2) is 62.8 Å². The van der Waals surface area contributed by atoms with Crippen LogP contribution in [0.1, 0.15) is 11.8 Å². The van der Waals surface area contributed by atoms with E-state index in [1.54, 1.807) is 17.8 Å². The Morgan fingerprint density at radius 1 is 1.26 bits per heavy atom. The van der Waals surface area contributed by atoms with Gasteiger partial charge in [0.15, 0.2) is 0 Å². The fourth-order valence-corrected chi connectivity index (χ4v) is 3.06. The Hall–Kier alpha value is -2.25. The fourth-order valence-electron chi connectivity index (χ4n) is 2.26. The van der Waals surface area contributed by atoms with Crippen LogP contribution in [0.3, 0.4) is 0 Å². The van der Waals surface area contributed by atoms with E-state index >= 15 is 0 Å². The molecule has 7 heteroatoms. The number of aromatic nitrogens is 2. The zero-order chi connectivity index (χ0) is 16.4. The topological polar surface area (TPSA) is 84.3 Å². The van der Waals surface area contributed by atoms with Crippen LogP contribution >= 0.6 is 11.8 Å². The van der Waals surface area contributed by atoms with E-state index in [2.05, 4.69) is 4.98 Å². The maximum absolute atomic E-state index is 11.8. The van der Waals surface area contributed by atoms with Gasteiger partial charge in [0.1, 0.15) is 11.9 Å². The summed E-state index contributed by atoms with van der Waals surface area (Å²) in [6.45, 7) is 2.03. The first-order valence-electron chi connectivity index (χ1n) is 7.09. The molecule has 1 aliphatic heterocycles. The molecule has 0 bridgehead atoms. The Labute approximate surface area is 136 Å². The van der Waals surface area contributed by atoms with Gasteiger partial charge >= 0.3 is 5.69 Å². The fraction of sp³-hybridized carbons (Fsp3) is 0.250. The van der Waals surface area contributed by atoms with Gasteiger partial charge in [-0.2, -0.15) is 0 Å². The van der Waals surface area contributed by atoms with Crippen molar-refractivity contribution >= 4 is 11.8 Å². The molecule has 0 radical (unpaired) electrons. The van der Waals surface area contributed by atoms with Crippen molar-refractivity contribution in [1.29, 1.82) is 0 Å². The third-order valence-electron chi connectivity index (χ3n) is 3.45. The van der Waals surface area contributed by atoms with Crippen LogP contribution in [-0.2, 0) is 4.74 Å². The molecule has 1 aromatic carbocycles. The molecule has 0 spiro atoms. The normalized spacial score (nSPS) is 20.2. The number of hydrogen-bond donors (Lipinski definition) is 2. The van der Waals surface area contributed by atoms with Crippen molar-refractivity contribution in [2.24, 2.45) is 0 Å².